The van der Waals surface area contributed by atoms with Crippen molar-refractivity contribution in [1.29, 1.82) is 0 Å². The molecule has 1 nitrogen and oxygen atoms in total. The van der Waals surface area contributed by atoms with Crippen molar-refractivity contribution < 1.29 is 8.78 Å². The van der Waals surface area contributed by atoms with E-state index in [1.165, 1.54) is 6.07 Å². The predicted molar refractivity (Wildman–Crippen MR) is 89.8 cm³/mol. The van der Waals surface area contributed by atoms with E-state index in [0.717, 1.165) is 23.3 Å². The van der Waals surface area contributed by atoms with Crippen LogP contribution in [0.4, 0.5) is 8.78 Å². The molecule has 0 aliphatic carbocycles. The van der Waals surface area contributed by atoms with Crippen LogP contribution in [0, 0.1) is 18.7 Å². The number of alkyl halides is 1. The van der Waals surface area contributed by atoms with Gasteiger partial charge in [0.1, 0.15) is 12.5 Å². The second-order valence-corrected chi connectivity index (χ2v) is 5.62. The molecule has 1 atom stereocenters. The minimum Gasteiger partial charge on any atom is -0.381 e. The number of hydrogen-bond donors (Lipinski definition) is 1. The van der Waals surface area contributed by atoms with Crippen molar-refractivity contribution in [2.45, 2.75) is 33.7 Å². The van der Waals surface area contributed by atoms with Crippen LogP contribution in [0.15, 0.2) is 54.3 Å². The number of rotatable bonds is 8. The van der Waals surface area contributed by atoms with Gasteiger partial charge in [-0.1, -0.05) is 45.2 Å². The van der Waals surface area contributed by atoms with Gasteiger partial charge in [0.2, 0.25) is 0 Å². The number of hydrogen-bond acceptors (Lipinski definition) is 1. The Balaban J connectivity index is 2.80. The van der Waals surface area contributed by atoms with Crippen LogP contribution in [0.3, 0.4) is 0 Å². The summed E-state index contributed by atoms with van der Waals surface area (Å²) in [6.07, 6.45) is 2.70. The first kappa shape index (κ1) is 18.1. The molecule has 0 heterocycles. The van der Waals surface area contributed by atoms with Crippen LogP contribution >= 0.6 is 0 Å². The molecule has 1 rings (SSSR count). The molecule has 0 fully saturated rings. The Morgan fingerprint density at radius 2 is 2.05 bits per heavy atom. The van der Waals surface area contributed by atoms with Gasteiger partial charge < -0.3 is 5.32 Å². The molecular formula is C19H25F2N. The molecule has 120 valence electrons. The van der Waals surface area contributed by atoms with Crippen molar-refractivity contribution in [1.82, 2.24) is 5.32 Å². The molecule has 0 aromatic heterocycles. The largest absolute Gasteiger partial charge is 0.381 e. The van der Waals surface area contributed by atoms with Gasteiger partial charge in [-0.2, -0.15) is 0 Å². The van der Waals surface area contributed by atoms with Crippen molar-refractivity contribution in [2.24, 2.45) is 5.92 Å². The quantitative estimate of drug-likeness (QED) is 0.648. The summed E-state index contributed by atoms with van der Waals surface area (Å²) in [5.41, 5.74) is 3.76. The zero-order valence-electron chi connectivity index (χ0n) is 13.7. The van der Waals surface area contributed by atoms with Crippen molar-refractivity contribution >= 4 is 0 Å². The van der Waals surface area contributed by atoms with Crippen LogP contribution in [0.1, 0.15) is 31.4 Å². The van der Waals surface area contributed by atoms with Crippen molar-refractivity contribution in [3.8, 4) is 0 Å². The smallest absolute Gasteiger partial charge is 0.126 e. The first-order chi connectivity index (χ1) is 10.4. The Hall–Kier alpha value is -1.90. The van der Waals surface area contributed by atoms with Gasteiger partial charge in [-0.25, -0.2) is 8.78 Å². The number of nitrogens with one attached hydrogen (secondary N) is 1. The fraction of sp³-hybridized carbons (Fsp3) is 0.368. The van der Waals surface area contributed by atoms with E-state index in [1.807, 2.05) is 6.07 Å². The normalized spacial score (nSPS) is 12.9. The highest BCUT2D eigenvalue weighted by Crippen LogP contribution is 2.22. The monoisotopic (exact) mass is 305 g/mol. The number of allylic oxidation sites excluding steroid dienone is 3. The van der Waals surface area contributed by atoms with Crippen LogP contribution in [0.25, 0.3) is 0 Å². The van der Waals surface area contributed by atoms with Crippen LogP contribution in [0.5, 0.6) is 0 Å². The molecule has 3 heteroatoms. The molecule has 0 saturated heterocycles. The van der Waals surface area contributed by atoms with Gasteiger partial charge in [0, 0.05) is 12.2 Å². The van der Waals surface area contributed by atoms with Crippen LogP contribution in [-0.2, 0) is 6.54 Å². The maximum Gasteiger partial charge on any atom is 0.126 e. The molecule has 22 heavy (non-hydrogen) atoms. The Morgan fingerprint density at radius 3 is 2.59 bits per heavy atom. The fourth-order valence-corrected chi connectivity index (χ4v) is 2.13. The standard InChI is InChI=1S/C19H25F2N/c1-6-14(3)18(9-13(2)11-20)16(5)22-12-17-7-8-19(21)15(4)10-17/h7-10,14,22H,2,5-6,11-12H2,1,3-4H3/b18-9+. The molecule has 0 aliphatic heterocycles. The van der Waals surface area contributed by atoms with Crippen molar-refractivity contribution in [3.05, 3.63) is 71.2 Å². The fourth-order valence-electron chi connectivity index (χ4n) is 2.13. The van der Waals surface area contributed by atoms with E-state index in [2.05, 4.69) is 32.3 Å². The van der Waals surface area contributed by atoms with Gasteiger partial charge in [0.05, 0.1) is 0 Å². The van der Waals surface area contributed by atoms with Gasteiger partial charge in [-0.05, 0) is 47.6 Å². The van der Waals surface area contributed by atoms with Gasteiger partial charge >= 0.3 is 0 Å². The first-order valence-corrected chi connectivity index (χ1v) is 7.52. The van der Waals surface area contributed by atoms with Gasteiger partial charge in [-0.15, -0.1) is 0 Å². The molecule has 0 spiro atoms. The minimum atomic E-state index is -0.565. The third-order valence-corrected chi connectivity index (χ3v) is 3.75. The highest BCUT2D eigenvalue weighted by atomic mass is 19.1. The number of benzene rings is 1. The minimum absolute atomic E-state index is 0.206. The van der Waals surface area contributed by atoms with E-state index < -0.39 is 6.67 Å². The summed E-state index contributed by atoms with van der Waals surface area (Å²) in [6, 6.07) is 5.02. The molecule has 1 N–H and O–H groups in total. The lowest BCUT2D eigenvalue weighted by molar-refractivity contribution is 0.548. The van der Waals surface area contributed by atoms with Gasteiger partial charge in [0.25, 0.3) is 0 Å². The maximum absolute atomic E-state index is 13.3. The molecule has 1 unspecified atom stereocenters. The zero-order chi connectivity index (χ0) is 16.7. The SMILES string of the molecule is C=C(/C=C(/C(=C)NCc1ccc(F)c(C)c1)C(C)CC)CF. The predicted octanol–water partition coefficient (Wildman–Crippen LogP) is 5.24. The Labute approximate surface area is 132 Å². The van der Waals surface area contributed by atoms with E-state index in [4.69, 9.17) is 0 Å². The summed E-state index contributed by atoms with van der Waals surface area (Å²) in [6.45, 7) is 13.6. The van der Waals surface area contributed by atoms with Crippen molar-refractivity contribution in [3.63, 3.8) is 0 Å². The Morgan fingerprint density at radius 1 is 1.36 bits per heavy atom. The van der Waals surface area contributed by atoms with E-state index in [0.29, 0.717) is 17.7 Å². The van der Waals surface area contributed by atoms with E-state index >= 15 is 0 Å². The molecular weight excluding hydrogens is 280 g/mol. The van der Waals surface area contributed by atoms with Crippen LogP contribution < -0.4 is 5.32 Å². The Bertz CT molecular complexity index is 573. The summed E-state index contributed by atoms with van der Waals surface area (Å²) in [4.78, 5) is 0. The lowest BCUT2D eigenvalue weighted by Crippen LogP contribution is -2.17. The maximum atomic E-state index is 13.3. The molecule has 0 amide bonds. The Kier molecular flexibility index (Phi) is 7.03. The second kappa shape index (κ2) is 8.52. The summed E-state index contributed by atoms with van der Waals surface area (Å²) >= 11 is 0. The van der Waals surface area contributed by atoms with Crippen molar-refractivity contribution in [2.75, 3.05) is 6.67 Å². The lowest BCUT2D eigenvalue weighted by atomic mass is 9.94. The average Bonchev–Trinajstić information content (AvgIpc) is 2.52. The zero-order valence-corrected chi connectivity index (χ0v) is 13.7. The highest BCUT2D eigenvalue weighted by molar-refractivity contribution is 5.36. The van der Waals surface area contributed by atoms with E-state index in [-0.39, 0.29) is 11.7 Å². The van der Waals surface area contributed by atoms with Crippen LogP contribution in [-0.4, -0.2) is 6.67 Å². The number of halogens is 2. The molecule has 1 aromatic rings. The first-order valence-electron chi connectivity index (χ1n) is 7.52. The molecule has 0 aliphatic rings. The molecule has 0 radical (unpaired) electrons. The van der Waals surface area contributed by atoms with E-state index in [1.54, 1.807) is 19.1 Å². The number of aryl methyl sites for hydroxylation is 1. The molecule has 0 saturated carbocycles. The lowest BCUT2D eigenvalue weighted by Gasteiger charge is -2.19. The third kappa shape index (κ3) is 5.14. The summed E-state index contributed by atoms with van der Waals surface area (Å²) in [7, 11) is 0. The third-order valence-electron chi connectivity index (χ3n) is 3.75. The topological polar surface area (TPSA) is 12.0 Å². The highest BCUT2D eigenvalue weighted by Gasteiger charge is 2.11. The summed E-state index contributed by atoms with van der Waals surface area (Å²) in [5, 5.41) is 3.24. The second-order valence-electron chi connectivity index (χ2n) is 5.62. The van der Waals surface area contributed by atoms with Crippen LogP contribution in [0.2, 0.25) is 0 Å². The molecule has 1 aromatic carbocycles. The molecule has 0 bridgehead atoms. The van der Waals surface area contributed by atoms with Gasteiger partial charge in [-0.3, -0.25) is 0 Å². The average molecular weight is 305 g/mol. The summed E-state index contributed by atoms with van der Waals surface area (Å²) < 4.78 is 25.9. The van der Waals surface area contributed by atoms with Gasteiger partial charge in [0.15, 0.2) is 0 Å². The van der Waals surface area contributed by atoms with E-state index in [9.17, 15) is 8.78 Å². The summed E-state index contributed by atoms with van der Waals surface area (Å²) in [5.74, 6) is 0.0558.